The van der Waals surface area contributed by atoms with Gasteiger partial charge in [0.2, 0.25) is 0 Å². The van der Waals surface area contributed by atoms with Crippen LogP contribution in [0.15, 0.2) is 23.2 Å². The van der Waals surface area contributed by atoms with Crippen molar-refractivity contribution in [3.8, 4) is 11.5 Å². The lowest BCUT2D eigenvalue weighted by Gasteiger charge is -2.34. The summed E-state index contributed by atoms with van der Waals surface area (Å²) in [7, 11) is 5.73. The van der Waals surface area contributed by atoms with Gasteiger partial charge in [0.25, 0.3) is 0 Å². The lowest BCUT2D eigenvalue weighted by molar-refractivity contribution is 0.139. The number of methoxy groups -OCH3 is 1. The first-order chi connectivity index (χ1) is 15.1. The van der Waals surface area contributed by atoms with Crippen molar-refractivity contribution in [3.05, 3.63) is 23.8 Å². The minimum absolute atomic E-state index is 0. The molecule has 1 aliphatic heterocycles. The normalized spacial score (nSPS) is 19.3. The van der Waals surface area contributed by atoms with Crippen LogP contribution in [0.4, 0.5) is 0 Å². The lowest BCUT2D eigenvalue weighted by atomic mass is 10.1. The molecule has 1 unspecified atom stereocenters. The van der Waals surface area contributed by atoms with Crippen molar-refractivity contribution >= 4 is 29.9 Å². The molecule has 1 aromatic rings. The zero-order chi connectivity index (χ0) is 22.1. The first-order valence-corrected chi connectivity index (χ1v) is 11.8. The van der Waals surface area contributed by atoms with E-state index in [-0.39, 0.29) is 24.0 Å². The van der Waals surface area contributed by atoms with E-state index in [4.69, 9.17) is 9.47 Å². The fraction of sp³-hybridized carbons (Fsp3) is 0.708. The molecule has 8 heteroatoms. The Bertz CT molecular complexity index is 704. The zero-order valence-corrected chi connectivity index (χ0v) is 22.6. The number of nitrogens with zero attached hydrogens (tertiary/aromatic N) is 3. The van der Waals surface area contributed by atoms with E-state index >= 15 is 0 Å². The van der Waals surface area contributed by atoms with Crippen LogP contribution in [0, 0.1) is 5.92 Å². The first-order valence-electron chi connectivity index (χ1n) is 11.8. The van der Waals surface area contributed by atoms with Gasteiger partial charge in [0.1, 0.15) is 0 Å². The van der Waals surface area contributed by atoms with Crippen molar-refractivity contribution in [2.45, 2.75) is 45.3 Å². The first kappa shape index (κ1) is 27.0. The molecule has 0 radical (unpaired) electrons. The Morgan fingerprint density at radius 2 is 1.88 bits per heavy atom. The summed E-state index contributed by atoms with van der Waals surface area (Å²) >= 11 is 0. The molecule has 1 aliphatic carbocycles. The van der Waals surface area contributed by atoms with Gasteiger partial charge in [-0.2, -0.15) is 0 Å². The summed E-state index contributed by atoms with van der Waals surface area (Å²) in [6.45, 7) is 9.60. The summed E-state index contributed by atoms with van der Waals surface area (Å²) in [4.78, 5) is 9.37. The molecule has 0 bridgehead atoms. The number of hydrogen-bond acceptors (Lipinski definition) is 5. The monoisotopic (exact) mass is 559 g/mol. The summed E-state index contributed by atoms with van der Waals surface area (Å²) < 4.78 is 11.9. The maximum Gasteiger partial charge on any atom is 0.191 e. The molecule has 2 N–H and O–H groups in total. The van der Waals surface area contributed by atoms with Crippen LogP contribution in [0.2, 0.25) is 0 Å². The third kappa shape index (κ3) is 8.26. The van der Waals surface area contributed by atoms with Crippen molar-refractivity contribution in [1.82, 2.24) is 20.4 Å². The Kier molecular flexibility index (Phi) is 11.9. The molecule has 32 heavy (non-hydrogen) atoms. The van der Waals surface area contributed by atoms with E-state index in [0.717, 1.165) is 75.1 Å². The molecule has 2 fully saturated rings. The van der Waals surface area contributed by atoms with Crippen molar-refractivity contribution < 1.29 is 9.47 Å². The molecule has 0 aromatic heterocycles. The minimum Gasteiger partial charge on any atom is -0.493 e. The predicted molar refractivity (Wildman–Crippen MR) is 143 cm³/mol. The highest BCUT2D eigenvalue weighted by atomic mass is 127. The van der Waals surface area contributed by atoms with E-state index in [0.29, 0.717) is 18.6 Å². The van der Waals surface area contributed by atoms with Crippen LogP contribution >= 0.6 is 24.0 Å². The number of halogens is 1. The van der Waals surface area contributed by atoms with E-state index in [9.17, 15) is 0 Å². The van der Waals surface area contributed by atoms with E-state index in [1.54, 1.807) is 7.11 Å². The molecule has 1 saturated heterocycles. The molecule has 0 amide bonds. The summed E-state index contributed by atoms with van der Waals surface area (Å²) in [5, 5.41) is 6.94. The molecule has 1 aromatic carbocycles. The van der Waals surface area contributed by atoms with E-state index in [2.05, 4.69) is 45.5 Å². The summed E-state index contributed by atoms with van der Waals surface area (Å²) in [5.41, 5.74) is 1.10. The van der Waals surface area contributed by atoms with Gasteiger partial charge in [-0.1, -0.05) is 19.1 Å². The number of hydrogen-bond donors (Lipinski definition) is 2. The third-order valence-electron chi connectivity index (χ3n) is 6.32. The third-order valence-corrected chi connectivity index (χ3v) is 6.32. The minimum atomic E-state index is 0. The Morgan fingerprint density at radius 3 is 2.53 bits per heavy atom. The Labute approximate surface area is 211 Å². The van der Waals surface area contributed by atoms with Crippen LogP contribution in [0.1, 0.15) is 38.2 Å². The molecular formula is C24H42IN5O2. The molecule has 182 valence electrons. The Morgan fingerprint density at radius 1 is 1.16 bits per heavy atom. The quantitative estimate of drug-likeness (QED) is 0.276. The lowest BCUT2D eigenvalue weighted by Crippen LogP contribution is -2.47. The van der Waals surface area contributed by atoms with Crippen molar-refractivity contribution in [3.63, 3.8) is 0 Å². The van der Waals surface area contributed by atoms with Crippen LogP contribution in [-0.2, 0) is 6.54 Å². The van der Waals surface area contributed by atoms with Gasteiger partial charge < -0.3 is 29.9 Å². The molecule has 1 saturated carbocycles. The summed E-state index contributed by atoms with van der Waals surface area (Å²) in [5.74, 6) is 3.04. The SMILES string of the molecule is CN=C(NCc1cccc(OC)c1OC1CCCC1)NCC(C)CN1CCN(C)CC1.I. The molecular weight excluding hydrogens is 517 g/mol. The van der Waals surface area contributed by atoms with Gasteiger partial charge in [-0.05, 0) is 44.7 Å². The summed E-state index contributed by atoms with van der Waals surface area (Å²) in [6, 6.07) is 6.09. The number of nitrogens with one attached hydrogen (secondary N) is 2. The highest BCUT2D eigenvalue weighted by Crippen LogP contribution is 2.34. The predicted octanol–water partition coefficient (Wildman–Crippen LogP) is 3.18. The average Bonchev–Trinajstić information content (AvgIpc) is 3.29. The van der Waals surface area contributed by atoms with Gasteiger partial charge in [0.15, 0.2) is 17.5 Å². The molecule has 0 spiro atoms. The zero-order valence-electron chi connectivity index (χ0n) is 20.2. The second kappa shape index (κ2) is 14.1. The average molecular weight is 560 g/mol. The number of ether oxygens (including phenoxy) is 2. The topological polar surface area (TPSA) is 61.4 Å². The number of guanidine groups is 1. The van der Waals surface area contributed by atoms with E-state index in [1.165, 1.54) is 12.8 Å². The Balaban J connectivity index is 0.00000363. The second-order valence-corrected chi connectivity index (χ2v) is 8.99. The van der Waals surface area contributed by atoms with Crippen LogP contribution in [0.3, 0.4) is 0 Å². The maximum atomic E-state index is 6.35. The van der Waals surface area contributed by atoms with E-state index in [1.807, 2.05) is 19.2 Å². The molecule has 1 atom stereocenters. The molecule has 1 heterocycles. The second-order valence-electron chi connectivity index (χ2n) is 8.99. The number of likely N-dealkylation sites (N-methyl/N-ethyl adjacent to an activating group) is 1. The molecule has 2 aliphatic rings. The highest BCUT2D eigenvalue weighted by molar-refractivity contribution is 14.0. The van der Waals surface area contributed by atoms with Crippen molar-refractivity contribution in [2.24, 2.45) is 10.9 Å². The summed E-state index contributed by atoms with van der Waals surface area (Å²) in [6.07, 6.45) is 5.04. The fourth-order valence-electron chi connectivity index (χ4n) is 4.37. The number of aliphatic imine (C=N–C) groups is 1. The van der Waals surface area contributed by atoms with Crippen LogP contribution in [0.25, 0.3) is 0 Å². The number of piperazine rings is 1. The van der Waals surface area contributed by atoms with Gasteiger partial charge in [-0.3, -0.25) is 4.99 Å². The van der Waals surface area contributed by atoms with E-state index < -0.39 is 0 Å². The standard InChI is InChI=1S/C24H41N5O2.HI/c1-19(18-29-14-12-28(3)13-15-29)16-26-24(25-2)27-17-20-8-7-11-22(30-4)23(20)31-21-9-5-6-10-21;/h7-8,11,19,21H,5-6,9-10,12-18H2,1-4H3,(H2,25,26,27);1H. The van der Waals surface area contributed by atoms with Crippen molar-refractivity contribution in [2.75, 3.05) is 60.5 Å². The largest absolute Gasteiger partial charge is 0.493 e. The fourth-order valence-corrected chi connectivity index (χ4v) is 4.37. The number of para-hydroxylation sites is 1. The van der Waals surface area contributed by atoms with Gasteiger partial charge in [0.05, 0.1) is 13.2 Å². The number of rotatable bonds is 9. The van der Waals surface area contributed by atoms with Gasteiger partial charge in [-0.15, -0.1) is 24.0 Å². The van der Waals surface area contributed by atoms with Gasteiger partial charge in [0, 0.05) is 58.4 Å². The smallest absolute Gasteiger partial charge is 0.191 e. The van der Waals surface area contributed by atoms with Gasteiger partial charge in [-0.25, -0.2) is 0 Å². The van der Waals surface area contributed by atoms with Crippen LogP contribution < -0.4 is 20.1 Å². The molecule has 3 rings (SSSR count). The van der Waals surface area contributed by atoms with Crippen LogP contribution in [0.5, 0.6) is 11.5 Å². The maximum absolute atomic E-state index is 6.35. The highest BCUT2D eigenvalue weighted by Gasteiger charge is 2.21. The van der Waals surface area contributed by atoms with Crippen molar-refractivity contribution in [1.29, 1.82) is 0 Å². The van der Waals surface area contributed by atoms with Gasteiger partial charge >= 0.3 is 0 Å². The Hall–Kier alpha value is -1.26. The van der Waals surface area contributed by atoms with Crippen LogP contribution in [-0.4, -0.2) is 82.3 Å². The molecule has 7 nitrogen and oxygen atoms in total. The number of benzene rings is 1.